The number of benzene rings is 1. The van der Waals surface area contributed by atoms with Crippen molar-refractivity contribution in [1.29, 1.82) is 0 Å². The molecule has 0 aromatic heterocycles. The number of aryl methyl sites for hydroxylation is 1. The van der Waals surface area contributed by atoms with Crippen LogP contribution >= 0.6 is 11.6 Å². The van der Waals surface area contributed by atoms with E-state index in [0.717, 1.165) is 16.7 Å². The van der Waals surface area contributed by atoms with Gasteiger partial charge in [0.2, 0.25) is 0 Å². The first kappa shape index (κ1) is 14.8. The van der Waals surface area contributed by atoms with Crippen molar-refractivity contribution in [2.75, 3.05) is 20.7 Å². The van der Waals surface area contributed by atoms with Gasteiger partial charge in [-0.3, -0.25) is 4.79 Å². The Morgan fingerprint density at radius 2 is 2.11 bits per heavy atom. The Kier molecular flexibility index (Phi) is 5.44. The first-order chi connectivity index (χ1) is 8.51. The zero-order valence-electron chi connectivity index (χ0n) is 11.1. The van der Waals surface area contributed by atoms with E-state index < -0.39 is 0 Å². The molecule has 1 aromatic rings. The fraction of sp³-hybridized carbons (Fsp3) is 0.462. The summed E-state index contributed by atoms with van der Waals surface area (Å²) in [5.74, 6) is 0.377. The predicted octanol–water partition coefficient (Wildman–Crippen LogP) is 2.23. The highest BCUT2D eigenvalue weighted by Crippen LogP contribution is 2.31. The van der Waals surface area contributed by atoms with E-state index in [4.69, 9.17) is 21.1 Å². The average Bonchev–Trinajstić information content (AvgIpc) is 2.34. The van der Waals surface area contributed by atoms with Gasteiger partial charge in [0.05, 0.1) is 13.7 Å². The van der Waals surface area contributed by atoms with Crippen LogP contribution in [0.4, 0.5) is 0 Å². The second kappa shape index (κ2) is 6.61. The first-order valence-electron chi connectivity index (χ1n) is 5.64. The van der Waals surface area contributed by atoms with E-state index in [-0.39, 0.29) is 19.1 Å². The lowest BCUT2D eigenvalue weighted by Gasteiger charge is -2.15. The second-order valence-electron chi connectivity index (χ2n) is 4.00. The van der Waals surface area contributed by atoms with Crippen molar-refractivity contribution >= 4 is 17.6 Å². The number of hydrogen-bond donors (Lipinski definition) is 1. The Morgan fingerprint density at radius 3 is 2.67 bits per heavy atom. The van der Waals surface area contributed by atoms with E-state index >= 15 is 0 Å². The van der Waals surface area contributed by atoms with Gasteiger partial charge in [0.15, 0.2) is 0 Å². The van der Waals surface area contributed by atoms with Crippen molar-refractivity contribution in [3.8, 4) is 5.75 Å². The molecule has 0 radical (unpaired) electrons. The van der Waals surface area contributed by atoms with E-state index in [1.807, 2.05) is 19.9 Å². The van der Waals surface area contributed by atoms with Crippen LogP contribution < -0.4 is 10.1 Å². The lowest BCUT2D eigenvalue weighted by Crippen LogP contribution is -2.21. The van der Waals surface area contributed by atoms with Crippen LogP contribution in [0.25, 0.3) is 0 Å². The van der Waals surface area contributed by atoms with Gasteiger partial charge in [0.1, 0.15) is 12.4 Å². The number of carbonyl (C=O) groups is 1. The molecule has 5 heteroatoms. The molecule has 0 bridgehead atoms. The zero-order valence-corrected chi connectivity index (χ0v) is 11.9. The van der Waals surface area contributed by atoms with Crippen LogP contribution in [0, 0.1) is 13.8 Å². The average molecular weight is 272 g/mol. The summed E-state index contributed by atoms with van der Waals surface area (Å²) in [5, 5.41) is 3.41. The second-order valence-corrected chi connectivity index (χ2v) is 4.38. The largest absolute Gasteiger partial charge is 0.496 e. The molecule has 0 unspecified atom stereocenters. The van der Waals surface area contributed by atoms with Gasteiger partial charge in [-0.1, -0.05) is 11.6 Å². The maximum atomic E-state index is 11.3. The van der Waals surface area contributed by atoms with Crippen molar-refractivity contribution in [3.63, 3.8) is 0 Å². The molecule has 0 aliphatic heterocycles. The topological polar surface area (TPSA) is 47.6 Å². The fourth-order valence-electron chi connectivity index (χ4n) is 1.67. The van der Waals surface area contributed by atoms with Gasteiger partial charge in [-0.15, -0.1) is 0 Å². The van der Waals surface area contributed by atoms with Crippen molar-refractivity contribution in [2.24, 2.45) is 0 Å². The molecule has 0 atom stereocenters. The maximum Gasteiger partial charge on any atom is 0.320 e. The summed E-state index contributed by atoms with van der Waals surface area (Å²) in [6, 6.07) is 1.84. The molecule has 0 aliphatic rings. The van der Waals surface area contributed by atoms with Gasteiger partial charge in [0, 0.05) is 10.6 Å². The van der Waals surface area contributed by atoms with E-state index in [2.05, 4.69) is 5.32 Å². The maximum absolute atomic E-state index is 11.3. The predicted molar refractivity (Wildman–Crippen MR) is 71.2 cm³/mol. The van der Waals surface area contributed by atoms with Gasteiger partial charge in [-0.05, 0) is 38.1 Å². The number of likely N-dealkylation sites (N-methyl/N-ethyl adjacent to an activating group) is 1. The van der Waals surface area contributed by atoms with Crippen molar-refractivity contribution in [1.82, 2.24) is 5.32 Å². The molecule has 0 heterocycles. The molecule has 0 saturated carbocycles. The molecular formula is C13H18ClNO3. The molecule has 0 saturated heterocycles. The summed E-state index contributed by atoms with van der Waals surface area (Å²) in [4.78, 5) is 11.3. The third kappa shape index (κ3) is 3.37. The number of hydrogen-bond acceptors (Lipinski definition) is 4. The number of rotatable bonds is 5. The van der Waals surface area contributed by atoms with Crippen LogP contribution in [0.1, 0.15) is 16.7 Å². The minimum Gasteiger partial charge on any atom is -0.496 e. The summed E-state index contributed by atoms with van der Waals surface area (Å²) < 4.78 is 10.4. The van der Waals surface area contributed by atoms with Crippen LogP contribution in [-0.4, -0.2) is 26.7 Å². The fourth-order valence-corrected chi connectivity index (χ4v) is 1.84. The molecule has 4 nitrogen and oxygen atoms in total. The van der Waals surface area contributed by atoms with Gasteiger partial charge in [0.25, 0.3) is 0 Å². The van der Waals surface area contributed by atoms with Crippen LogP contribution in [0.5, 0.6) is 5.75 Å². The highest BCUT2D eigenvalue weighted by atomic mass is 35.5. The van der Waals surface area contributed by atoms with Crippen LogP contribution in [-0.2, 0) is 16.1 Å². The Morgan fingerprint density at radius 1 is 1.44 bits per heavy atom. The minimum absolute atomic E-state index is 0.162. The number of nitrogens with one attached hydrogen (secondary N) is 1. The van der Waals surface area contributed by atoms with Gasteiger partial charge in [-0.25, -0.2) is 0 Å². The lowest BCUT2D eigenvalue weighted by atomic mass is 10.0. The van der Waals surface area contributed by atoms with Crippen molar-refractivity contribution in [2.45, 2.75) is 20.5 Å². The van der Waals surface area contributed by atoms with Gasteiger partial charge >= 0.3 is 5.97 Å². The normalized spacial score (nSPS) is 10.3. The monoisotopic (exact) mass is 271 g/mol. The summed E-state index contributed by atoms with van der Waals surface area (Å²) in [5.41, 5.74) is 2.62. The van der Waals surface area contributed by atoms with Crippen molar-refractivity contribution in [3.05, 3.63) is 27.8 Å². The molecule has 1 N–H and O–H groups in total. The Labute approximate surface area is 112 Å². The van der Waals surface area contributed by atoms with E-state index in [1.54, 1.807) is 14.2 Å². The molecular weight excluding hydrogens is 254 g/mol. The number of esters is 1. The van der Waals surface area contributed by atoms with Gasteiger partial charge < -0.3 is 14.8 Å². The zero-order chi connectivity index (χ0) is 13.7. The van der Waals surface area contributed by atoms with Crippen LogP contribution in [0.2, 0.25) is 5.02 Å². The highest BCUT2D eigenvalue weighted by Gasteiger charge is 2.14. The third-order valence-corrected chi connectivity index (χ3v) is 3.27. The number of methoxy groups -OCH3 is 1. The third-order valence-electron chi connectivity index (χ3n) is 2.69. The Bertz CT molecular complexity index is 446. The number of ether oxygens (including phenoxy) is 2. The molecule has 1 aromatic carbocycles. The minimum atomic E-state index is -0.310. The number of carbonyl (C=O) groups excluding carboxylic acids is 1. The first-order valence-corrected chi connectivity index (χ1v) is 6.01. The van der Waals surface area contributed by atoms with E-state index in [9.17, 15) is 4.79 Å². The molecule has 1 rings (SSSR count). The quantitative estimate of drug-likeness (QED) is 0.835. The summed E-state index contributed by atoms with van der Waals surface area (Å²) >= 11 is 6.18. The van der Waals surface area contributed by atoms with E-state index in [0.29, 0.717) is 10.8 Å². The highest BCUT2D eigenvalue weighted by molar-refractivity contribution is 6.32. The number of halogens is 1. The smallest absolute Gasteiger partial charge is 0.320 e. The Hall–Kier alpha value is -1.26. The molecule has 0 spiro atoms. The Balaban J connectivity index is 2.93. The van der Waals surface area contributed by atoms with Crippen LogP contribution in [0.3, 0.4) is 0 Å². The SMILES string of the molecule is CNCC(=O)OCc1c(OC)cc(C)c(Cl)c1C. The summed E-state index contributed by atoms with van der Waals surface area (Å²) in [7, 11) is 3.27. The van der Waals surface area contributed by atoms with Gasteiger partial charge in [-0.2, -0.15) is 0 Å². The molecule has 0 aliphatic carbocycles. The standard InChI is InChI=1S/C13H18ClNO3/c1-8-5-11(17-4)10(9(2)13(8)14)7-18-12(16)6-15-3/h5,15H,6-7H2,1-4H3. The molecule has 0 amide bonds. The lowest BCUT2D eigenvalue weighted by molar-refractivity contribution is -0.143. The molecule has 0 fully saturated rings. The summed E-state index contributed by atoms with van der Waals surface area (Å²) in [6.45, 7) is 4.14. The van der Waals surface area contributed by atoms with Crippen LogP contribution in [0.15, 0.2) is 6.07 Å². The van der Waals surface area contributed by atoms with E-state index in [1.165, 1.54) is 0 Å². The molecule has 18 heavy (non-hydrogen) atoms. The van der Waals surface area contributed by atoms with Crippen molar-refractivity contribution < 1.29 is 14.3 Å². The summed E-state index contributed by atoms with van der Waals surface area (Å²) in [6.07, 6.45) is 0. The molecule has 100 valence electrons.